The van der Waals surface area contributed by atoms with Crippen LogP contribution in [0.4, 0.5) is 23.1 Å². The Morgan fingerprint density at radius 1 is 0.914 bits per heavy atom. The van der Waals surface area contributed by atoms with Crippen LogP contribution >= 0.6 is 11.3 Å². The van der Waals surface area contributed by atoms with E-state index in [0.717, 1.165) is 33.0 Å². The van der Waals surface area contributed by atoms with Crippen molar-refractivity contribution in [2.75, 3.05) is 29.6 Å². The summed E-state index contributed by atoms with van der Waals surface area (Å²) in [5, 5.41) is 9.62. The van der Waals surface area contributed by atoms with Crippen molar-refractivity contribution in [1.29, 1.82) is 0 Å². The molecule has 5 aromatic rings. The van der Waals surface area contributed by atoms with E-state index in [0.29, 0.717) is 17.3 Å². The van der Waals surface area contributed by atoms with Crippen molar-refractivity contribution in [3.63, 3.8) is 0 Å². The Morgan fingerprint density at radius 3 is 2.43 bits per heavy atom. The zero-order valence-electron chi connectivity index (χ0n) is 18.6. The molecule has 0 aliphatic heterocycles. The summed E-state index contributed by atoms with van der Waals surface area (Å²) in [6, 6.07) is 19.0. The second kappa shape index (κ2) is 10.3. The first-order valence-corrected chi connectivity index (χ1v) is 11.4. The first-order chi connectivity index (χ1) is 16.6. The molecular formula is C26H25N7OS. The van der Waals surface area contributed by atoms with Gasteiger partial charge in [-0.3, -0.25) is 9.78 Å². The molecule has 1 amide bonds. The molecule has 0 saturated heterocycles. The van der Waals surface area contributed by atoms with Gasteiger partial charge in [-0.15, -0.1) is 11.3 Å². The van der Waals surface area contributed by atoms with Crippen molar-refractivity contribution in [2.24, 2.45) is 0 Å². The van der Waals surface area contributed by atoms with Crippen LogP contribution in [0.5, 0.6) is 0 Å². The zero-order chi connectivity index (χ0) is 23.5. The Labute approximate surface area is 207 Å². The number of thiazole rings is 1. The molecule has 0 aliphatic rings. The molecule has 3 heterocycles. The van der Waals surface area contributed by atoms with E-state index in [2.05, 4.69) is 30.6 Å². The van der Waals surface area contributed by atoms with Crippen LogP contribution in [-0.2, 0) is 0 Å². The van der Waals surface area contributed by atoms with E-state index in [9.17, 15) is 4.79 Å². The number of hydrogen-bond acceptors (Lipinski definition) is 8. The Morgan fingerprint density at radius 2 is 1.69 bits per heavy atom. The fourth-order valence-electron chi connectivity index (χ4n) is 3.42. The highest BCUT2D eigenvalue weighted by molar-refractivity contribution is 7.13. The van der Waals surface area contributed by atoms with Gasteiger partial charge < -0.3 is 15.5 Å². The van der Waals surface area contributed by atoms with Gasteiger partial charge in [-0.1, -0.05) is 19.6 Å². The molecule has 0 saturated carbocycles. The van der Waals surface area contributed by atoms with Crippen molar-refractivity contribution in [2.45, 2.75) is 7.43 Å². The van der Waals surface area contributed by atoms with E-state index in [1.165, 1.54) is 11.3 Å². The monoisotopic (exact) mass is 483 g/mol. The first kappa shape index (κ1) is 23.8. The molecule has 2 N–H and O–H groups in total. The maximum atomic E-state index is 12.6. The number of aromatic nitrogens is 4. The predicted molar refractivity (Wildman–Crippen MR) is 144 cm³/mol. The molecule has 0 aliphatic carbocycles. The topological polar surface area (TPSA) is 95.9 Å². The second-order valence-electron chi connectivity index (χ2n) is 7.72. The van der Waals surface area contributed by atoms with E-state index >= 15 is 0 Å². The van der Waals surface area contributed by atoms with Gasteiger partial charge in [0.2, 0.25) is 5.95 Å². The van der Waals surface area contributed by atoms with Gasteiger partial charge in [-0.2, -0.15) is 4.98 Å². The van der Waals surface area contributed by atoms with Gasteiger partial charge >= 0.3 is 0 Å². The molecule has 8 nitrogen and oxygen atoms in total. The highest BCUT2D eigenvalue weighted by Gasteiger charge is 2.13. The van der Waals surface area contributed by atoms with Gasteiger partial charge in [0.05, 0.1) is 5.52 Å². The van der Waals surface area contributed by atoms with Crippen molar-refractivity contribution < 1.29 is 4.79 Å². The predicted octanol–water partition coefficient (Wildman–Crippen LogP) is 5.85. The second-order valence-corrected chi connectivity index (χ2v) is 8.58. The Kier molecular flexibility index (Phi) is 6.98. The van der Waals surface area contributed by atoms with Crippen LogP contribution in [0.1, 0.15) is 17.9 Å². The lowest BCUT2D eigenvalue weighted by atomic mass is 10.2. The third-order valence-corrected chi connectivity index (χ3v) is 5.94. The van der Waals surface area contributed by atoms with Gasteiger partial charge in [0.1, 0.15) is 16.5 Å². The third-order valence-electron chi connectivity index (χ3n) is 5.05. The van der Waals surface area contributed by atoms with Crippen molar-refractivity contribution in [3.05, 3.63) is 84.1 Å². The van der Waals surface area contributed by atoms with E-state index in [1.54, 1.807) is 17.8 Å². The Bertz CT molecular complexity index is 1450. The minimum Gasteiger partial charge on any atom is -0.362 e. The molecule has 3 aromatic heterocycles. The molecule has 2 aromatic carbocycles. The molecule has 0 fully saturated rings. The molecular weight excluding hydrogens is 458 g/mol. The number of benzene rings is 2. The van der Waals surface area contributed by atoms with Gasteiger partial charge in [0, 0.05) is 54.2 Å². The third kappa shape index (κ3) is 5.25. The summed E-state index contributed by atoms with van der Waals surface area (Å²) in [7, 11) is 3.91. The van der Waals surface area contributed by atoms with E-state index in [1.807, 2.05) is 79.7 Å². The minimum absolute atomic E-state index is 0. The minimum atomic E-state index is -0.263. The summed E-state index contributed by atoms with van der Waals surface area (Å²) in [5.74, 6) is 1.08. The summed E-state index contributed by atoms with van der Waals surface area (Å²) >= 11 is 1.41. The first-order valence-electron chi connectivity index (χ1n) is 10.6. The smallest absolute Gasteiger partial charge is 0.275 e. The maximum absolute atomic E-state index is 12.6. The SMILES string of the molecule is C.CN(C)c1nc(Nc2ccc(NC(=O)c3csc(-c4cccnc4)n3)cc2)nc2ccccc12. The number of carbonyl (C=O) groups excluding carboxylic acids is 1. The molecule has 0 atom stereocenters. The summed E-state index contributed by atoms with van der Waals surface area (Å²) in [6.07, 6.45) is 3.43. The number of pyridine rings is 1. The number of para-hydroxylation sites is 1. The molecule has 9 heteroatoms. The number of rotatable bonds is 6. The average molecular weight is 484 g/mol. The van der Waals surface area contributed by atoms with E-state index in [4.69, 9.17) is 0 Å². The number of carbonyl (C=O) groups is 1. The normalized spacial score (nSPS) is 10.5. The van der Waals surface area contributed by atoms with Crippen LogP contribution in [0.3, 0.4) is 0 Å². The largest absolute Gasteiger partial charge is 0.362 e. The zero-order valence-corrected chi connectivity index (χ0v) is 19.4. The summed E-state index contributed by atoms with van der Waals surface area (Å²) < 4.78 is 0. The lowest BCUT2D eigenvalue weighted by Gasteiger charge is -2.16. The molecule has 0 unspecified atom stereocenters. The number of amides is 1. The lowest BCUT2D eigenvalue weighted by Crippen LogP contribution is -2.13. The van der Waals surface area contributed by atoms with E-state index < -0.39 is 0 Å². The standard InChI is InChI=1S/C25H21N7OS.CH4/c1-32(2)22-19-7-3-4-8-20(19)30-25(31-22)28-18-11-9-17(10-12-18)27-23(33)21-15-34-24(29-21)16-6-5-13-26-14-16;/h3-15H,1-2H3,(H,27,33)(H,28,30,31);1H4. The molecule has 0 radical (unpaired) electrons. The molecule has 176 valence electrons. The highest BCUT2D eigenvalue weighted by atomic mass is 32.1. The lowest BCUT2D eigenvalue weighted by molar-refractivity contribution is 0.102. The van der Waals surface area contributed by atoms with Crippen LogP contribution in [0.15, 0.2) is 78.4 Å². The molecule has 35 heavy (non-hydrogen) atoms. The van der Waals surface area contributed by atoms with Crippen molar-refractivity contribution in [3.8, 4) is 10.6 Å². The molecule has 5 rings (SSSR count). The van der Waals surface area contributed by atoms with Crippen LogP contribution in [0, 0.1) is 0 Å². The van der Waals surface area contributed by atoms with Gasteiger partial charge in [-0.25, -0.2) is 9.97 Å². The Hall–Kier alpha value is -4.37. The molecule has 0 spiro atoms. The number of nitrogens with one attached hydrogen (secondary N) is 2. The number of nitrogens with zero attached hydrogens (tertiary/aromatic N) is 5. The fourth-order valence-corrected chi connectivity index (χ4v) is 4.21. The number of fused-ring (bicyclic) bond motifs is 1. The fraction of sp³-hybridized carbons (Fsp3) is 0.115. The number of anilines is 4. The molecule has 0 bridgehead atoms. The Balaban J connectivity index is 0.00000289. The van der Waals surface area contributed by atoms with E-state index in [-0.39, 0.29) is 13.3 Å². The van der Waals surface area contributed by atoms with Crippen LogP contribution < -0.4 is 15.5 Å². The van der Waals surface area contributed by atoms with Crippen LogP contribution in [0.2, 0.25) is 0 Å². The summed E-state index contributed by atoms with van der Waals surface area (Å²) in [5.41, 5.74) is 3.59. The summed E-state index contributed by atoms with van der Waals surface area (Å²) in [6.45, 7) is 0. The highest BCUT2D eigenvalue weighted by Crippen LogP contribution is 2.26. The van der Waals surface area contributed by atoms with Crippen LogP contribution in [-0.4, -0.2) is 39.9 Å². The van der Waals surface area contributed by atoms with Gasteiger partial charge in [-0.05, 0) is 48.5 Å². The average Bonchev–Trinajstić information content (AvgIpc) is 3.36. The summed E-state index contributed by atoms with van der Waals surface area (Å²) in [4.78, 5) is 32.4. The van der Waals surface area contributed by atoms with Crippen molar-refractivity contribution in [1.82, 2.24) is 19.9 Å². The number of hydrogen-bond donors (Lipinski definition) is 2. The quantitative estimate of drug-likeness (QED) is 0.313. The van der Waals surface area contributed by atoms with Crippen molar-refractivity contribution >= 4 is 51.3 Å². The van der Waals surface area contributed by atoms with Gasteiger partial charge in [0.25, 0.3) is 5.91 Å². The van der Waals surface area contributed by atoms with Gasteiger partial charge in [0.15, 0.2) is 0 Å². The van der Waals surface area contributed by atoms with Crippen LogP contribution in [0.25, 0.3) is 21.5 Å². The maximum Gasteiger partial charge on any atom is 0.275 e.